The Balaban J connectivity index is 3.25. The monoisotopic (exact) mass is 303 g/mol. The minimum atomic E-state index is -3.98. The number of benzene rings is 1. The van der Waals surface area contributed by atoms with Gasteiger partial charge in [0.15, 0.2) is 0 Å². The number of rotatable bonds is 5. The zero-order valence-corrected chi connectivity index (χ0v) is 12.2. The van der Waals surface area contributed by atoms with Gasteiger partial charge in [0.05, 0.1) is 10.5 Å². The van der Waals surface area contributed by atoms with E-state index < -0.39 is 32.9 Å². The molecule has 0 aliphatic carbocycles. The lowest BCUT2D eigenvalue weighted by atomic mass is 10.1. The number of nitrogens with one attached hydrogen (secondary N) is 1. The number of sulfonamides is 1. The van der Waals surface area contributed by atoms with Crippen LogP contribution in [0, 0.1) is 6.92 Å². The molecule has 0 fully saturated rings. The number of aliphatic hydroxyl groups is 1. The molecule has 1 aromatic rings. The first kappa shape index (κ1) is 16.4. The van der Waals surface area contributed by atoms with Crippen molar-refractivity contribution in [3.8, 4) is 5.75 Å². The minimum Gasteiger partial charge on any atom is -0.507 e. The lowest BCUT2D eigenvalue weighted by molar-refractivity contribution is 0.0693. The van der Waals surface area contributed by atoms with Crippen molar-refractivity contribution in [3.05, 3.63) is 23.3 Å². The Bertz CT molecular complexity index is 630. The molecule has 0 radical (unpaired) electrons. The van der Waals surface area contributed by atoms with Crippen molar-refractivity contribution in [1.29, 1.82) is 0 Å². The first-order chi connectivity index (χ1) is 8.94. The summed E-state index contributed by atoms with van der Waals surface area (Å²) in [6, 6.07) is 1.96. The number of hydrogen-bond donors (Lipinski definition) is 4. The third-order valence-corrected chi connectivity index (χ3v) is 4.05. The maximum atomic E-state index is 12.1. The smallest absolute Gasteiger partial charge is 0.339 e. The molecule has 1 aromatic carbocycles. The van der Waals surface area contributed by atoms with Gasteiger partial charge in [-0.1, -0.05) is 0 Å². The summed E-state index contributed by atoms with van der Waals surface area (Å²) in [7, 11) is -3.98. The number of carboxylic acid groups (broad SMARTS) is 1. The average molecular weight is 303 g/mol. The summed E-state index contributed by atoms with van der Waals surface area (Å²) >= 11 is 0. The van der Waals surface area contributed by atoms with Gasteiger partial charge in [-0.3, -0.25) is 0 Å². The number of carbonyl (C=O) groups is 1. The standard InChI is InChI=1S/C12H17NO6S/c1-7-4-9(14)8(11(15)16)5-10(7)20(18,19)13-6-12(2,3)17/h4-5,13-14,17H,6H2,1-3H3,(H,15,16). The Kier molecular flexibility index (Phi) is 4.42. The normalized spacial score (nSPS) is 12.4. The fourth-order valence-corrected chi connectivity index (χ4v) is 2.94. The van der Waals surface area contributed by atoms with Gasteiger partial charge in [0, 0.05) is 6.54 Å². The van der Waals surface area contributed by atoms with E-state index in [1.165, 1.54) is 20.8 Å². The van der Waals surface area contributed by atoms with E-state index in [1.807, 2.05) is 0 Å². The van der Waals surface area contributed by atoms with Gasteiger partial charge in [-0.05, 0) is 38.5 Å². The van der Waals surface area contributed by atoms with Crippen molar-refractivity contribution in [1.82, 2.24) is 4.72 Å². The first-order valence-electron chi connectivity index (χ1n) is 5.73. The average Bonchev–Trinajstić information content (AvgIpc) is 2.24. The second-order valence-corrected chi connectivity index (χ2v) is 6.81. The van der Waals surface area contributed by atoms with Crippen LogP contribution >= 0.6 is 0 Å². The second kappa shape index (κ2) is 5.39. The molecular weight excluding hydrogens is 286 g/mol. The van der Waals surface area contributed by atoms with Crippen molar-refractivity contribution < 1.29 is 28.5 Å². The number of hydrogen-bond acceptors (Lipinski definition) is 5. The zero-order chi connectivity index (χ0) is 15.7. The highest BCUT2D eigenvalue weighted by Crippen LogP contribution is 2.25. The largest absolute Gasteiger partial charge is 0.507 e. The molecule has 0 spiro atoms. The van der Waals surface area contributed by atoms with Crippen molar-refractivity contribution in [3.63, 3.8) is 0 Å². The van der Waals surface area contributed by atoms with Crippen LogP contribution in [-0.4, -0.2) is 41.9 Å². The summed E-state index contributed by atoms with van der Waals surface area (Å²) in [5, 5.41) is 27.9. The van der Waals surface area contributed by atoms with E-state index in [0.29, 0.717) is 0 Å². The van der Waals surface area contributed by atoms with E-state index in [2.05, 4.69) is 4.72 Å². The molecule has 0 heterocycles. The van der Waals surface area contributed by atoms with Gasteiger partial charge in [0.2, 0.25) is 10.0 Å². The molecule has 0 saturated heterocycles. The van der Waals surface area contributed by atoms with Crippen LogP contribution in [-0.2, 0) is 10.0 Å². The Labute approximate surface area is 116 Å². The molecule has 1 rings (SSSR count). The Hall–Kier alpha value is -1.64. The van der Waals surface area contributed by atoms with Gasteiger partial charge in [-0.15, -0.1) is 0 Å². The number of aromatic carboxylic acids is 1. The molecule has 0 saturated carbocycles. The van der Waals surface area contributed by atoms with Crippen LogP contribution in [0.5, 0.6) is 5.75 Å². The van der Waals surface area contributed by atoms with E-state index in [0.717, 1.165) is 12.1 Å². The summed E-state index contributed by atoms with van der Waals surface area (Å²) in [4.78, 5) is 10.7. The lowest BCUT2D eigenvalue weighted by Crippen LogP contribution is -2.38. The molecule has 0 aromatic heterocycles. The van der Waals surface area contributed by atoms with E-state index >= 15 is 0 Å². The van der Waals surface area contributed by atoms with Crippen molar-refractivity contribution in [2.24, 2.45) is 0 Å². The van der Waals surface area contributed by atoms with Gasteiger partial charge in [0.1, 0.15) is 11.3 Å². The molecule has 0 aliphatic rings. The van der Waals surface area contributed by atoms with E-state index in [9.17, 15) is 23.4 Å². The van der Waals surface area contributed by atoms with Gasteiger partial charge in [-0.2, -0.15) is 0 Å². The number of carboxylic acids is 1. The van der Waals surface area contributed by atoms with Crippen LogP contribution < -0.4 is 4.72 Å². The third kappa shape index (κ3) is 3.92. The van der Waals surface area contributed by atoms with Crippen LogP contribution in [0.1, 0.15) is 29.8 Å². The summed E-state index contributed by atoms with van der Waals surface area (Å²) in [5.41, 5.74) is -1.54. The topological polar surface area (TPSA) is 124 Å². The zero-order valence-electron chi connectivity index (χ0n) is 11.3. The molecule has 8 heteroatoms. The SMILES string of the molecule is Cc1cc(O)c(C(=O)O)cc1S(=O)(=O)NCC(C)(C)O. The van der Waals surface area contributed by atoms with Crippen molar-refractivity contribution >= 4 is 16.0 Å². The Morgan fingerprint density at radius 2 is 1.90 bits per heavy atom. The lowest BCUT2D eigenvalue weighted by Gasteiger charge is -2.18. The predicted molar refractivity (Wildman–Crippen MR) is 71.3 cm³/mol. The van der Waals surface area contributed by atoms with Gasteiger partial charge >= 0.3 is 5.97 Å². The summed E-state index contributed by atoms with van der Waals surface area (Å²) in [6.45, 7) is 4.08. The van der Waals surface area contributed by atoms with Crippen LogP contribution in [0.4, 0.5) is 0 Å². The van der Waals surface area contributed by atoms with Crippen molar-refractivity contribution in [2.45, 2.75) is 31.3 Å². The van der Waals surface area contributed by atoms with E-state index in [-0.39, 0.29) is 17.0 Å². The molecule has 0 amide bonds. The van der Waals surface area contributed by atoms with Crippen LogP contribution in [0.3, 0.4) is 0 Å². The fraction of sp³-hybridized carbons (Fsp3) is 0.417. The summed E-state index contributed by atoms with van der Waals surface area (Å²) < 4.78 is 26.4. The molecule has 0 bridgehead atoms. The second-order valence-electron chi connectivity index (χ2n) is 5.08. The van der Waals surface area contributed by atoms with Gasteiger partial charge in [0.25, 0.3) is 0 Å². The van der Waals surface area contributed by atoms with Crippen LogP contribution in [0.15, 0.2) is 17.0 Å². The van der Waals surface area contributed by atoms with Crippen molar-refractivity contribution in [2.75, 3.05) is 6.54 Å². The van der Waals surface area contributed by atoms with Crippen LogP contribution in [0.2, 0.25) is 0 Å². The highest BCUT2D eigenvalue weighted by Gasteiger charge is 2.24. The summed E-state index contributed by atoms with van der Waals surface area (Å²) in [6.07, 6.45) is 0. The quantitative estimate of drug-likeness (QED) is 0.626. The fourth-order valence-electron chi connectivity index (χ4n) is 1.48. The molecule has 4 N–H and O–H groups in total. The highest BCUT2D eigenvalue weighted by atomic mass is 32.2. The van der Waals surface area contributed by atoms with E-state index in [1.54, 1.807) is 0 Å². The molecule has 0 unspecified atom stereocenters. The highest BCUT2D eigenvalue weighted by molar-refractivity contribution is 7.89. The molecule has 0 atom stereocenters. The molecule has 112 valence electrons. The number of phenols is 1. The van der Waals surface area contributed by atoms with Gasteiger partial charge in [-0.25, -0.2) is 17.9 Å². The molecule has 7 nitrogen and oxygen atoms in total. The Morgan fingerprint density at radius 1 is 1.35 bits per heavy atom. The first-order valence-corrected chi connectivity index (χ1v) is 7.21. The molecule has 0 aliphatic heterocycles. The maximum Gasteiger partial charge on any atom is 0.339 e. The minimum absolute atomic E-state index is 0.204. The van der Waals surface area contributed by atoms with E-state index in [4.69, 9.17) is 5.11 Å². The number of aromatic hydroxyl groups is 1. The Morgan fingerprint density at radius 3 is 2.35 bits per heavy atom. The van der Waals surface area contributed by atoms with Gasteiger partial charge < -0.3 is 15.3 Å². The summed E-state index contributed by atoms with van der Waals surface area (Å²) in [5.74, 6) is -1.93. The third-order valence-electron chi connectivity index (χ3n) is 2.51. The van der Waals surface area contributed by atoms with Crippen LogP contribution in [0.25, 0.3) is 0 Å². The maximum absolute atomic E-state index is 12.1. The number of aryl methyl sites for hydroxylation is 1. The molecular formula is C12H17NO6S. The predicted octanol–water partition coefficient (Wildman–Crippen LogP) is 0.448. The molecule has 20 heavy (non-hydrogen) atoms.